The van der Waals surface area contributed by atoms with Crippen LogP contribution in [0.2, 0.25) is 0 Å². The maximum Gasteiger partial charge on any atom is 0.328 e. The van der Waals surface area contributed by atoms with E-state index < -0.39 is 95.4 Å². The Morgan fingerprint density at radius 3 is 1.89 bits per heavy atom. The van der Waals surface area contributed by atoms with Gasteiger partial charge in [-0.1, -0.05) is 50.2 Å². The van der Waals surface area contributed by atoms with Crippen molar-refractivity contribution in [3.05, 3.63) is 95.6 Å². The first-order chi connectivity index (χ1) is 22.2. The number of ketones is 1. The van der Waals surface area contributed by atoms with Crippen molar-refractivity contribution < 1.29 is 56.2 Å². The summed E-state index contributed by atoms with van der Waals surface area (Å²) in [5, 5.41) is 14.3. The number of aliphatic carboxylic acids is 1. The van der Waals surface area contributed by atoms with Crippen LogP contribution in [0.15, 0.2) is 66.7 Å². The maximum atomic E-state index is 13.9. The van der Waals surface area contributed by atoms with E-state index >= 15 is 0 Å². The van der Waals surface area contributed by atoms with Crippen LogP contribution in [0.4, 0.5) is 23.2 Å². The number of carboxylic acids is 1. The van der Waals surface area contributed by atoms with Gasteiger partial charge in [0, 0.05) is 11.6 Å². The third-order valence-corrected chi connectivity index (χ3v) is 6.41. The molecule has 0 saturated heterocycles. The van der Waals surface area contributed by atoms with Gasteiger partial charge in [-0.05, 0) is 30.2 Å². The first kappa shape index (κ1) is 35.7. The van der Waals surface area contributed by atoms with Gasteiger partial charge in [-0.25, -0.2) is 13.8 Å². The third kappa shape index (κ3) is 9.35. The van der Waals surface area contributed by atoms with Crippen LogP contribution in [0.1, 0.15) is 30.6 Å². The lowest BCUT2D eigenvalue weighted by Gasteiger charge is -2.26. The smallest absolute Gasteiger partial charge is 0.328 e. The van der Waals surface area contributed by atoms with Gasteiger partial charge >= 0.3 is 17.8 Å². The van der Waals surface area contributed by atoms with Crippen molar-refractivity contribution in [3.8, 4) is 5.75 Å². The summed E-state index contributed by atoms with van der Waals surface area (Å²) in [4.78, 5) is 76.2. The maximum absolute atomic E-state index is 13.9. The molecular weight excluding hydrogens is 632 g/mol. The highest BCUT2D eigenvalue weighted by molar-refractivity contribution is 6.36. The molecule has 0 spiro atoms. The number of carboxylic acid groups (broad SMARTS) is 1. The van der Waals surface area contributed by atoms with Gasteiger partial charge in [-0.15, -0.1) is 0 Å². The van der Waals surface area contributed by atoms with E-state index in [2.05, 4.69) is 20.8 Å². The molecule has 0 aromatic heterocycles. The van der Waals surface area contributed by atoms with Crippen LogP contribution >= 0.6 is 0 Å². The molecule has 0 unspecified atom stereocenters. The van der Waals surface area contributed by atoms with Gasteiger partial charge in [0.05, 0.1) is 12.1 Å². The molecule has 0 bridgehead atoms. The highest BCUT2D eigenvalue weighted by atomic mass is 19.2. The molecule has 0 fully saturated rings. The Morgan fingerprint density at radius 1 is 0.809 bits per heavy atom. The molecule has 0 aliphatic rings. The molecule has 3 aromatic carbocycles. The minimum atomic E-state index is -1.95. The Bertz CT molecular complexity index is 1630. The van der Waals surface area contributed by atoms with E-state index in [4.69, 9.17) is 0 Å². The van der Waals surface area contributed by atoms with Crippen molar-refractivity contribution in [2.75, 3.05) is 11.6 Å². The van der Waals surface area contributed by atoms with E-state index in [1.165, 1.54) is 38.1 Å². The number of nitrogens with zero attached hydrogens (tertiary/aromatic N) is 1. The topological polar surface area (TPSA) is 171 Å². The molecule has 47 heavy (non-hydrogen) atoms. The molecule has 248 valence electrons. The minimum Gasteiger partial charge on any atom is -0.481 e. The second kappa shape index (κ2) is 16.0. The molecular formula is C31H28F4N4O8. The number of benzene rings is 3. The summed E-state index contributed by atoms with van der Waals surface area (Å²) >= 11 is 0. The van der Waals surface area contributed by atoms with Crippen molar-refractivity contribution in [1.82, 2.24) is 16.1 Å². The van der Waals surface area contributed by atoms with Crippen molar-refractivity contribution in [3.63, 3.8) is 0 Å². The Hall–Kier alpha value is -5.80. The quantitative estimate of drug-likeness (QED) is 0.0995. The Balaban J connectivity index is 1.74. The van der Waals surface area contributed by atoms with Gasteiger partial charge in [0.1, 0.15) is 18.7 Å². The number of rotatable bonds is 12. The number of carbonyl (C=O) groups is 6. The number of nitrogens with one attached hydrogen (secondary N) is 3. The SMILES string of the molecule is CC(C)[C@H](NC(=O)C(=O)NN(C(=O)c1ccccc1)c1ccccc1)C(=O)N[C@@H](CC(=O)O)C(=O)COc1c(F)c(F)cc(F)c1F. The molecule has 0 aliphatic heterocycles. The molecule has 12 nitrogen and oxygen atoms in total. The van der Waals surface area contributed by atoms with Crippen LogP contribution in [0.5, 0.6) is 5.75 Å². The fraction of sp³-hybridized carbons (Fsp3) is 0.226. The lowest BCUT2D eigenvalue weighted by Crippen LogP contribution is -2.58. The van der Waals surface area contributed by atoms with E-state index in [0.717, 1.165) is 5.01 Å². The Kier molecular flexibility index (Phi) is 12.1. The van der Waals surface area contributed by atoms with Crippen LogP contribution in [0, 0.1) is 29.2 Å². The fourth-order valence-corrected chi connectivity index (χ4v) is 4.02. The average Bonchev–Trinajstić information content (AvgIpc) is 3.04. The molecule has 16 heteroatoms. The molecule has 0 heterocycles. The lowest BCUT2D eigenvalue weighted by atomic mass is 10.0. The Morgan fingerprint density at radius 2 is 1.36 bits per heavy atom. The van der Waals surface area contributed by atoms with E-state index in [1.54, 1.807) is 36.4 Å². The normalized spacial score (nSPS) is 12.0. The summed E-state index contributed by atoms with van der Waals surface area (Å²) in [6, 6.07) is 12.0. The zero-order valence-electron chi connectivity index (χ0n) is 24.8. The molecule has 2 atom stereocenters. The number of hydrogen-bond acceptors (Lipinski definition) is 7. The minimum absolute atomic E-state index is 0.0895. The number of carbonyl (C=O) groups excluding carboxylic acids is 5. The number of hydrazine groups is 1. The second-order valence-corrected chi connectivity index (χ2v) is 10.2. The monoisotopic (exact) mass is 660 g/mol. The summed E-state index contributed by atoms with van der Waals surface area (Å²) in [5.74, 6) is -17.4. The number of amides is 4. The van der Waals surface area contributed by atoms with Gasteiger partial charge in [-0.2, -0.15) is 8.78 Å². The van der Waals surface area contributed by atoms with Gasteiger partial charge in [0.2, 0.25) is 17.5 Å². The number of anilines is 1. The number of ether oxygens (including phenoxy) is 1. The second-order valence-electron chi connectivity index (χ2n) is 10.2. The van der Waals surface area contributed by atoms with Gasteiger partial charge in [0.15, 0.2) is 23.2 Å². The molecule has 4 N–H and O–H groups in total. The van der Waals surface area contributed by atoms with E-state index in [1.807, 2.05) is 0 Å². The summed E-state index contributed by atoms with van der Waals surface area (Å²) in [6.45, 7) is 1.57. The third-order valence-electron chi connectivity index (χ3n) is 6.41. The first-order valence-corrected chi connectivity index (χ1v) is 13.8. The van der Waals surface area contributed by atoms with Crippen molar-refractivity contribution >= 4 is 41.1 Å². The van der Waals surface area contributed by atoms with Crippen LogP contribution < -0.4 is 25.8 Å². The fourth-order valence-electron chi connectivity index (χ4n) is 4.02. The average molecular weight is 661 g/mol. The van der Waals surface area contributed by atoms with Crippen molar-refractivity contribution in [2.45, 2.75) is 32.4 Å². The molecule has 4 amide bonds. The number of hydrogen-bond donors (Lipinski definition) is 4. The van der Waals surface area contributed by atoms with E-state index in [-0.39, 0.29) is 17.3 Å². The lowest BCUT2D eigenvalue weighted by molar-refractivity contribution is -0.142. The molecule has 0 saturated carbocycles. The molecule has 3 rings (SSSR count). The van der Waals surface area contributed by atoms with Crippen LogP contribution in [0.3, 0.4) is 0 Å². The molecule has 0 radical (unpaired) electrons. The van der Waals surface area contributed by atoms with Crippen molar-refractivity contribution in [1.29, 1.82) is 0 Å². The number of halogens is 4. The zero-order chi connectivity index (χ0) is 34.8. The van der Waals surface area contributed by atoms with E-state index in [9.17, 15) is 51.4 Å². The highest BCUT2D eigenvalue weighted by Crippen LogP contribution is 2.26. The number of Topliss-reactive ketones (excluding diaryl/α,β-unsaturated/α-hetero) is 1. The first-order valence-electron chi connectivity index (χ1n) is 13.8. The largest absolute Gasteiger partial charge is 0.481 e. The summed E-state index contributed by atoms with van der Waals surface area (Å²) in [7, 11) is 0. The van der Waals surface area contributed by atoms with Crippen LogP contribution in [0.25, 0.3) is 0 Å². The highest BCUT2D eigenvalue weighted by Gasteiger charge is 2.33. The molecule has 0 aliphatic carbocycles. The van der Waals surface area contributed by atoms with Gasteiger partial charge in [-0.3, -0.25) is 34.2 Å². The summed E-state index contributed by atoms with van der Waals surface area (Å²) in [5.41, 5.74) is 2.55. The zero-order valence-corrected chi connectivity index (χ0v) is 24.8. The van der Waals surface area contributed by atoms with Crippen LogP contribution in [-0.2, 0) is 24.0 Å². The van der Waals surface area contributed by atoms with E-state index in [0.29, 0.717) is 0 Å². The predicted octanol–water partition coefficient (Wildman–Crippen LogP) is 2.67. The molecule has 3 aromatic rings. The van der Waals surface area contributed by atoms with Crippen LogP contribution in [-0.4, -0.2) is 59.2 Å². The summed E-state index contributed by atoms with van der Waals surface area (Å²) < 4.78 is 59.4. The van der Waals surface area contributed by atoms with Gasteiger partial charge in [0.25, 0.3) is 5.91 Å². The van der Waals surface area contributed by atoms with Crippen molar-refractivity contribution in [2.24, 2.45) is 5.92 Å². The van der Waals surface area contributed by atoms with Gasteiger partial charge < -0.3 is 20.5 Å². The predicted molar refractivity (Wildman–Crippen MR) is 156 cm³/mol. The number of para-hydroxylation sites is 1. The summed E-state index contributed by atoms with van der Waals surface area (Å²) in [6.07, 6.45) is -1.07. The Labute approximate surface area is 264 Å². The standard InChI is InChI=1S/C31H28F4N4O8/c1-16(2)26(28(43)36-21(14-23(41)42)22(40)15-47-27-24(34)19(32)13-20(33)25(27)35)37-29(44)30(45)38-39(18-11-7-4-8-12-18)31(46)17-9-5-3-6-10-17/h3-13,16,21,26H,14-15H2,1-2H3,(H,36,43)(H,37,44)(H,38,45)(H,41,42)/t21-,26-/m0/s1.